The third-order valence-corrected chi connectivity index (χ3v) is 4.06. The van der Waals surface area contributed by atoms with Crippen molar-refractivity contribution in [2.24, 2.45) is 0 Å². The van der Waals surface area contributed by atoms with Gasteiger partial charge >= 0.3 is 0 Å². The summed E-state index contributed by atoms with van der Waals surface area (Å²) in [6, 6.07) is 20.2. The van der Waals surface area contributed by atoms with Crippen LogP contribution in [0.15, 0.2) is 60.7 Å². The standard InChI is InChI=1S/C18H16N2O/c21-18-10-4-5-12-13(6-3-7-14(12)18)17-11-19-15-8-1-2-9-16(15)20-17/h1-10,17,19-21H,11H2. The van der Waals surface area contributed by atoms with E-state index in [-0.39, 0.29) is 6.04 Å². The van der Waals surface area contributed by atoms with Crippen molar-refractivity contribution in [2.45, 2.75) is 6.04 Å². The van der Waals surface area contributed by atoms with Crippen molar-refractivity contribution in [1.29, 1.82) is 0 Å². The molecule has 3 N–H and O–H groups in total. The average molecular weight is 276 g/mol. The minimum absolute atomic E-state index is 0.186. The Balaban J connectivity index is 1.80. The molecular weight excluding hydrogens is 260 g/mol. The number of anilines is 2. The van der Waals surface area contributed by atoms with E-state index in [2.05, 4.69) is 34.9 Å². The van der Waals surface area contributed by atoms with Gasteiger partial charge in [0.1, 0.15) is 5.75 Å². The maximum absolute atomic E-state index is 10.0. The molecule has 0 aliphatic carbocycles. The maximum Gasteiger partial charge on any atom is 0.123 e. The molecule has 4 rings (SSSR count). The van der Waals surface area contributed by atoms with Crippen LogP contribution in [0, 0.1) is 0 Å². The van der Waals surface area contributed by atoms with E-state index in [4.69, 9.17) is 0 Å². The Kier molecular flexibility index (Phi) is 2.71. The summed E-state index contributed by atoms with van der Waals surface area (Å²) in [5.74, 6) is 0.332. The van der Waals surface area contributed by atoms with Crippen molar-refractivity contribution in [3.63, 3.8) is 0 Å². The molecule has 1 atom stereocenters. The number of hydrogen-bond acceptors (Lipinski definition) is 3. The fraction of sp³-hybridized carbons (Fsp3) is 0.111. The molecule has 3 aromatic carbocycles. The predicted molar refractivity (Wildman–Crippen MR) is 86.9 cm³/mol. The Hall–Kier alpha value is -2.68. The molecule has 3 heteroatoms. The summed E-state index contributed by atoms with van der Waals surface area (Å²) in [5, 5.41) is 19.1. The lowest BCUT2D eigenvalue weighted by atomic mass is 9.96. The summed E-state index contributed by atoms with van der Waals surface area (Å²) in [4.78, 5) is 0. The van der Waals surface area contributed by atoms with E-state index in [0.29, 0.717) is 5.75 Å². The molecule has 0 bridgehead atoms. The second kappa shape index (κ2) is 4.70. The molecule has 3 aromatic rings. The van der Waals surface area contributed by atoms with Crippen molar-refractivity contribution in [3.8, 4) is 5.75 Å². The molecule has 1 heterocycles. The molecule has 1 aliphatic heterocycles. The first-order valence-corrected chi connectivity index (χ1v) is 7.13. The molecule has 0 saturated heterocycles. The minimum atomic E-state index is 0.186. The van der Waals surface area contributed by atoms with Gasteiger partial charge in [-0.3, -0.25) is 0 Å². The van der Waals surface area contributed by atoms with Gasteiger partial charge in [0.05, 0.1) is 17.4 Å². The van der Waals surface area contributed by atoms with Crippen LogP contribution in [0.4, 0.5) is 11.4 Å². The first kappa shape index (κ1) is 12.1. The van der Waals surface area contributed by atoms with Crippen LogP contribution >= 0.6 is 0 Å². The number of para-hydroxylation sites is 2. The molecule has 0 radical (unpaired) electrons. The van der Waals surface area contributed by atoms with E-state index in [0.717, 1.165) is 28.7 Å². The van der Waals surface area contributed by atoms with E-state index >= 15 is 0 Å². The molecule has 0 spiro atoms. The number of phenolic OH excluding ortho intramolecular Hbond substituents is 1. The zero-order valence-corrected chi connectivity index (χ0v) is 11.5. The van der Waals surface area contributed by atoms with Crippen LogP contribution in [0.2, 0.25) is 0 Å². The molecule has 0 saturated carbocycles. The average Bonchev–Trinajstić information content (AvgIpc) is 2.54. The van der Waals surface area contributed by atoms with Crippen LogP contribution in [-0.2, 0) is 0 Å². The van der Waals surface area contributed by atoms with Crippen LogP contribution in [-0.4, -0.2) is 11.7 Å². The van der Waals surface area contributed by atoms with Crippen LogP contribution in [0.5, 0.6) is 5.75 Å². The summed E-state index contributed by atoms with van der Waals surface area (Å²) >= 11 is 0. The maximum atomic E-state index is 10.0. The lowest BCUT2D eigenvalue weighted by molar-refractivity contribution is 0.481. The Morgan fingerprint density at radius 3 is 2.48 bits per heavy atom. The number of hydrogen-bond donors (Lipinski definition) is 3. The van der Waals surface area contributed by atoms with Gasteiger partial charge in [-0.25, -0.2) is 0 Å². The SMILES string of the molecule is Oc1cccc2c(C3CNc4ccccc4N3)cccc12. The van der Waals surface area contributed by atoms with Gasteiger partial charge in [0.25, 0.3) is 0 Å². The number of fused-ring (bicyclic) bond motifs is 2. The normalized spacial score (nSPS) is 16.9. The van der Waals surface area contributed by atoms with Crippen LogP contribution in [0.25, 0.3) is 10.8 Å². The number of benzene rings is 3. The van der Waals surface area contributed by atoms with E-state index < -0.39 is 0 Å². The first-order valence-electron chi connectivity index (χ1n) is 7.13. The number of rotatable bonds is 1. The highest BCUT2D eigenvalue weighted by Crippen LogP contribution is 2.35. The van der Waals surface area contributed by atoms with Gasteiger partial charge in [0.2, 0.25) is 0 Å². The van der Waals surface area contributed by atoms with Crippen LogP contribution in [0.1, 0.15) is 11.6 Å². The Morgan fingerprint density at radius 2 is 1.57 bits per heavy atom. The van der Waals surface area contributed by atoms with Crippen molar-refractivity contribution in [3.05, 3.63) is 66.2 Å². The smallest absolute Gasteiger partial charge is 0.123 e. The van der Waals surface area contributed by atoms with Crippen molar-refractivity contribution in [2.75, 3.05) is 17.2 Å². The molecule has 0 aromatic heterocycles. The molecule has 3 nitrogen and oxygen atoms in total. The Labute approximate surface area is 123 Å². The fourth-order valence-electron chi connectivity index (χ4n) is 3.02. The Bertz CT molecular complexity index is 813. The predicted octanol–water partition coefficient (Wildman–Crippen LogP) is 4.12. The minimum Gasteiger partial charge on any atom is -0.507 e. The van der Waals surface area contributed by atoms with Crippen molar-refractivity contribution in [1.82, 2.24) is 0 Å². The highest BCUT2D eigenvalue weighted by molar-refractivity contribution is 5.91. The number of nitrogens with one attached hydrogen (secondary N) is 2. The fourth-order valence-corrected chi connectivity index (χ4v) is 3.02. The molecule has 1 aliphatic rings. The zero-order chi connectivity index (χ0) is 14.2. The lowest BCUT2D eigenvalue weighted by Gasteiger charge is -2.29. The highest BCUT2D eigenvalue weighted by Gasteiger charge is 2.20. The summed E-state index contributed by atoms with van der Waals surface area (Å²) in [6.45, 7) is 0.825. The van der Waals surface area contributed by atoms with Crippen LogP contribution < -0.4 is 10.6 Å². The first-order chi connectivity index (χ1) is 10.3. The molecule has 1 unspecified atom stereocenters. The molecule has 21 heavy (non-hydrogen) atoms. The monoisotopic (exact) mass is 276 g/mol. The molecule has 0 fully saturated rings. The third-order valence-electron chi connectivity index (χ3n) is 4.06. The van der Waals surface area contributed by atoms with Gasteiger partial charge in [-0.15, -0.1) is 0 Å². The third kappa shape index (κ3) is 1.98. The second-order valence-corrected chi connectivity index (χ2v) is 5.34. The van der Waals surface area contributed by atoms with Gasteiger partial charge in [-0.1, -0.05) is 42.5 Å². The number of phenols is 1. The van der Waals surface area contributed by atoms with Gasteiger partial charge in [0.15, 0.2) is 0 Å². The van der Waals surface area contributed by atoms with Gasteiger partial charge in [-0.05, 0) is 29.1 Å². The van der Waals surface area contributed by atoms with Gasteiger partial charge in [-0.2, -0.15) is 0 Å². The number of aromatic hydroxyl groups is 1. The highest BCUT2D eigenvalue weighted by atomic mass is 16.3. The second-order valence-electron chi connectivity index (χ2n) is 5.34. The van der Waals surface area contributed by atoms with Crippen molar-refractivity contribution >= 4 is 22.1 Å². The lowest BCUT2D eigenvalue weighted by Crippen LogP contribution is -2.25. The Morgan fingerprint density at radius 1 is 0.810 bits per heavy atom. The van der Waals surface area contributed by atoms with E-state index in [1.54, 1.807) is 6.07 Å². The summed E-state index contributed by atoms with van der Waals surface area (Å²) in [6.07, 6.45) is 0. The molecular formula is C18H16N2O. The summed E-state index contributed by atoms with van der Waals surface area (Å²) < 4.78 is 0. The van der Waals surface area contributed by atoms with E-state index in [9.17, 15) is 5.11 Å². The quantitative estimate of drug-likeness (QED) is 0.626. The van der Waals surface area contributed by atoms with E-state index in [1.165, 1.54) is 5.56 Å². The van der Waals surface area contributed by atoms with Gasteiger partial charge < -0.3 is 15.7 Å². The van der Waals surface area contributed by atoms with E-state index in [1.807, 2.05) is 30.3 Å². The summed E-state index contributed by atoms with van der Waals surface area (Å²) in [5.41, 5.74) is 3.45. The molecule has 0 amide bonds. The van der Waals surface area contributed by atoms with Crippen LogP contribution in [0.3, 0.4) is 0 Å². The zero-order valence-electron chi connectivity index (χ0n) is 11.5. The molecule has 104 valence electrons. The van der Waals surface area contributed by atoms with Gasteiger partial charge in [0, 0.05) is 11.9 Å². The summed E-state index contributed by atoms with van der Waals surface area (Å²) in [7, 11) is 0. The largest absolute Gasteiger partial charge is 0.507 e. The topological polar surface area (TPSA) is 44.3 Å². The van der Waals surface area contributed by atoms with Crippen molar-refractivity contribution < 1.29 is 5.11 Å².